The summed E-state index contributed by atoms with van der Waals surface area (Å²) in [4.78, 5) is 16.0. The van der Waals surface area contributed by atoms with E-state index in [-0.39, 0.29) is 44.1 Å². The number of esters is 1. The molecule has 8 nitrogen and oxygen atoms in total. The summed E-state index contributed by atoms with van der Waals surface area (Å²) in [7, 11) is -0.293. The molecule has 14 heteroatoms. The Kier molecular flexibility index (Phi) is 8.82. The number of ether oxygens (including phenoxy) is 3. The van der Waals surface area contributed by atoms with Gasteiger partial charge >= 0.3 is 12.1 Å². The van der Waals surface area contributed by atoms with Crippen LogP contribution in [-0.4, -0.2) is 40.7 Å². The first-order valence-corrected chi connectivity index (χ1v) is 12.9. The first-order chi connectivity index (χ1) is 17.4. The van der Waals surface area contributed by atoms with Crippen LogP contribution >= 0.6 is 23.4 Å². The number of rotatable bonds is 9. The summed E-state index contributed by atoms with van der Waals surface area (Å²) in [5, 5.41) is -0.0167. The van der Waals surface area contributed by atoms with Crippen molar-refractivity contribution in [1.29, 1.82) is 0 Å². The number of nitrogens with one attached hydrogen (secondary N) is 1. The fraction of sp³-hybridized carbons (Fsp3) is 0.217. The summed E-state index contributed by atoms with van der Waals surface area (Å²) < 4.78 is 82.4. The third-order valence-corrected chi connectivity index (χ3v) is 7.76. The van der Waals surface area contributed by atoms with Crippen LogP contribution in [0, 0.1) is 0 Å². The molecule has 3 aromatic rings. The number of methoxy groups -OCH3 is 3. The molecule has 0 amide bonds. The number of aromatic nitrogens is 1. The van der Waals surface area contributed by atoms with Crippen molar-refractivity contribution in [3.63, 3.8) is 0 Å². The Morgan fingerprint density at radius 3 is 2.22 bits per heavy atom. The Morgan fingerprint density at radius 1 is 1.05 bits per heavy atom. The fourth-order valence-electron chi connectivity index (χ4n) is 3.09. The topological polar surface area (TPSA) is 104 Å². The number of halogens is 4. The summed E-state index contributed by atoms with van der Waals surface area (Å²) in [6.07, 6.45) is -4.21. The number of pyridine rings is 1. The van der Waals surface area contributed by atoms with Crippen LogP contribution in [0.3, 0.4) is 0 Å². The van der Waals surface area contributed by atoms with E-state index in [0.29, 0.717) is 11.1 Å². The molecule has 1 aromatic heterocycles. The van der Waals surface area contributed by atoms with Crippen LogP contribution in [-0.2, 0) is 32.2 Å². The molecule has 0 aliphatic carbocycles. The van der Waals surface area contributed by atoms with Crippen molar-refractivity contribution >= 4 is 45.0 Å². The largest absolute Gasteiger partial charge is 0.493 e. The van der Waals surface area contributed by atoms with E-state index in [4.69, 9.17) is 21.1 Å². The average molecular weight is 577 g/mol. The molecule has 0 bridgehead atoms. The first kappa shape index (κ1) is 28.4. The summed E-state index contributed by atoms with van der Waals surface area (Å²) in [5.41, 5.74) is -0.643. The zero-order valence-electron chi connectivity index (χ0n) is 19.6. The molecule has 1 N–H and O–H groups in total. The monoisotopic (exact) mass is 576 g/mol. The normalized spacial score (nSPS) is 11.6. The number of nitrogens with zero attached hydrogens (tertiary/aromatic N) is 1. The second kappa shape index (κ2) is 11.5. The quantitative estimate of drug-likeness (QED) is 0.336. The standard InChI is InChI=1S/C23H20ClF3N2O6S2/c1-33-18-8-13(9-21(30)35-3)20(11-19(18)34-2)37(31,32)29-15-4-6-16(7-5-15)36-22-17(24)10-14(12-28-22)23(25,26)27/h4-8,10-12,29H,9H2,1-3H3. The van der Waals surface area contributed by atoms with E-state index in [1.165, 1.54) is 45.6 Å². The summed E-state index contributed by atoms with van der Waals surface area (Å²) in [6.45, 7) is 0. The van der Waals surface area contributed by atoms with Gasteiger partial charge in [-0.05, 0) is 42.0 Å². The summed E-state index contributed by atoms with van der Waals surface area (Å²) in [6, 6.07) is 9.41. The van der Waals surface area contributed by atoms with Crippen molar-refractivity contribution < 1.29 is 40.6 Å². The molecule has 0 radical (unpaired) electrons. The predicted octanol–water partition coefficient (Wildman–Crippen LogP) is 5.44. The van der Waals surface area contributed by atoms with Crippen LogP contribution in [0.25, 0.3) is 0 Å². The summed E-state index contributed by atoms with van der Waals surface area (Å²) >= 11 is 6.96. The summed E-state index contributed by atoms with van der Waals surface area (Å²) in [5.74, 6) is -0.276. The van der Waals surface area contributed by atoms with Gasteiger partial charge < -0.3 is 14.2 Å². The minimum Gasteiger partial charge on any atom is -0.493 e. The zero-order chi connectivity index (χ0) is 27.4. The fourth-order valence-corrected chi connectivity index (χ4v) is 5.42. The number of anilines is 1. The molecule has 0 unspecified atom stereocenters. The molecule has 1 heterocycles. The van der Waals surface area contributed by atoms with Crippen molar-refractivity contribution in [2.75, 3.05) is 26.1 Å². The lowest BCUT2D eigenvalue weighted by Crippen LogP contribution is -2.17. The van der Waals surface area contributed by atoms with Crippen LogP contribution < -0.4 is 14.2 Å². The van der Waals surface area contributed by atoms with Gasteiger partial charge in [-0.1, -0.05) is 23.4 Å². The number of alkyl halides is 3. The van der Waals surface area contributed by atoms with Crippen LogP contribution in [0.15, 0.2) is 63.5 Å². The molecule has 0 aliphatic heterocycles. The Morgan fingerprint density at radius 2 is 1.68 bits per heavy atom. The van der Waals surface area contributed by atoms with Gasteiger partial charge in [0.25, 0.3) is 10.0 Å². The molecule has 198 valence electrons. The number of hydrogen-bond donors (Lipinski definition) is 1. The van der Waals surface area contributed by atoms with Gasteiger partial charge in [0.1, 0.15) is 5.03 Å². The van der Waals surface area contributed by atoms with Crippen molar-refractivity contribution in [1.82, 2.24) is 4.98 Å². The number of carbonyl (C=O) groups is 1. The maximum atomic E-state index is 13.2. The maximum absolute atomic E-state index is 13.2. The Balaban J connectivity index is 1.85. The molecule has 0 saturated carbocycles. The van der Waals surface area contributed by atoms with E-state index in [1.54, 1.807) is 12.1 Å². The lowest BCUT2D eigenvalue weighted by Gasteiger charge is -2.16. The molecule has 0 fully saturated rings. The smallest absolute Gasteiger partial charge is 0.417 e. The molecular weight excluding hydrogens is 557 g/mol. The van der Waals surface area contributed by atoms with Crippen molar-refractivity contribution in [3.8, 4) is 11.5 Å². The van der Waals surface area contributed by atoms with Crippen LogP contribution in [0.1, 0.15) is 11.1 Å². The van der Waals surface area contributed by atoms with E-state index in [9.17, 15) is 26.4 Å². The van der Waals surface area contributed by atoms with Crippen molar-refractivity contribution in [2.24, 2.45) is 0 Å². The lowest BCUT2D eigenvalue weighted by atomic mass is 10.1. The number of sulfonamides is 1. The number of benzene rings is 2. The highest BCUT2D eigenvalue weighted by atomic mass is 35.5. The lowest BCUT2D eigenvalue weighted by molar-refractivity contribution is -0.140. The van der Waals surface area contributed by atoms with Gasteiger partial charge in [0.2, 0.25) is 0 Å². The number of carbonyl (C=O) groups excluding carboxylic acids is 1. The van der Waals surface area contributed by atoms with Crippen LogP contribution in [0.5, 0.6) is 11.5 Å². The molecule has 3 rings (SSSR count). The molecule has 2 aromatic carbocycles. The SMILES string of the molecule is COC(=O)Cc1cc(OC)c(OC)cc1S(=O)(=O)Nc1ccc(Sc2ncc(C(F)(F)F)cc2Cl)cc1. The zero-order valence-corrected chi connectivity index (χ0v) is 21.9. The van der Waals surface area contributed by atoms with E-state index >= 15 is 0 Å². The van der Waals surface area contributed by atoms with E-state index in [0.717, 1.165) is 17.8 Å². The minimum atomic E-state index is -4.57. The van der Waals surface area contributed by atoms with Gasteiger partial charge in [-0.15, -0.1) is 0 Å². The average Bonchev–Trinajstić information content (AvgIpc) is 2.85. The Bertz CT molecular complexity index is 1400. The Labute approximate surface area is 220 Å². The number of hydrogen-bond acceptors (Lipinski definition) is 8. The highest BCUT2D eigenvalue weighted by molar-refractivity contribution is 7.99. The molecule has 0 aliphatic rings. The van der Waals surface area contributed by atoms with Gasteiger partial charge in [-0.2, -0.15) is 13.2 Å². The molecule has 0 saturated heterocycles. The molecule has 0 atom stereocenters. The molecular formula is C23H20ClF3N2O6S2. The van der Waals surface area contributed by atoms with E-state index in [1.807, 2.05) is 0 Å². The molecule has 0 spiro atoms. The third-order valence-electron chi connectivity index (χ3n) is 4.87. The van der Waals surface area contributed by atoms with Crippen molar-refractivity contribution in [2.45, 2.75) is 27.4 Å². The van der Waals surface area contributed by atoms with Gasteiger partial charge in [0, 0.05) is 22.8 Å². The third kappa shape index (κ3) is 6.99. The highest BCUT2D eigenvalue weighted by Crippen LogP contribution is 2.37. The molecule has 37 heavy (non-hydrogen) atoms. The first-order valence-electron chi connectivity index (χ1n) is 10.2. The van der Waals surface area contributed by atoms with Crippen LogP contribution in [0.2, 0.25) is 5.02 Å². The van der Waals surface area contributed by atoms with Crippen molar-refractivity contribution in [3.05, 3.63) is 64.8 Å². The Hall–Kier alpha value is -3.16. The second-order valence-corrected chi connectivity index (χ2v) is 10.4. The second-order valence-electron chi connectivity index (χ2n) is 7.31. The van der Waals surface area contributed by atoms with Gasteiger partial charge in [0.05, 0.1) is 43.2 Å². The van der Waals surface area contributed by atoms with Crippen LogP contribution in [0.4, 0.5) is 18.9 Å². The van der Waals surface area contributed by atoms with Gasteiger partial charge in [-0.25, -0.2) is 13.4 Å². The van der Waals surface area contributed by atoms with E-state index < -0.39 is 27.7 Å². The highest BCUT2D eigenvalue weighted by Gasteiger charge is 2.31. The minimum absolute atomic E-state index is 0.132. The maximum Gasteiger partial charge on any atom is 0.417 e. The van der Waals surface area contributed by atoms with E-state index in [2.05, 4.69) is 14.4 Å². The predicted molar refractivity (Wildman–Crippen MR) is 131 cm³/mol. The van der Waals surface area contributed by atoms with Gasteiger partial charge in [0.15, 0.2) is 11.5 Å². The van der Waals surface area contributed by atoms with Gasteiger partial charge in [-0.3, -0.25) is 9.52 Å².